The van der Waals surface area contributed by atoms with E-state index in [1.807, 2.05) is 36.4 Å². The molecule has 0 saturated heterocycles. The van der Waals surface area contributed by atoms with E-state index in [-0.39, 0.29) is 17.9 Å². The number of ether oxygens (including phenoxy) is 1. The minimum absolute atomic E-state index is 0.141. The van der Waals surface area contributed by atoms with Crippen LogP contribution in [0.15, 0.2) is 84.9 Å². The van der Waals surface area contributed by atoms with Crippen molar-refractivity contribution in [2.24, 2.45) is 0 Å². The molecule has 3 aromatic rings. The van der Waals surface area contributed by atoms with E-state index in [9.17, 15) is 4.79 Å². The topological polar surface area (TPSA) is 62.1 Å². The van der Waals surface area contributed by atoms with E-state index >= 15 is 0 Å². The number of carbonyl (C=O) groups is 1. The first kappa shape index (κ1) is 19.2. The van der Waals surface area contributed by atoms with Crippen molar-refractivity contribution in [2.75, 3.05) is 13.2 Å². The van der Waals surface area contributed by atoms with Gasteiger partial charge in [-0.2, -0.15) is 5.26 Å². The lowest BCUT2D eigenvalue weighted by molar-refractivity contribution is -0.123. The number of hydrogen-bond acceptors (Lipinski definition) is 3. The molecule has 1 N–H and O–H groups in total. The van der Waals surface area contributed by atoms with Crippen LogP contribution >= 0.6 is 0 Å². The molecular weight excluding hydrogens is 348 g/mol. The molecule has 0 saturated carbocycles. The van der Waals surface area contributed by atoms with Gasteiger partial charge in [0.2, 0.25) is 0 Å². The first-order valence-electron chi connectivity index (χ1n) is 9.13. The van der Waals surface area contributed by atoms with Gasteiger partial charge in [-0.25, -0.2) is 0 Å². The van der Waals surface area contributed by atoms with Crippen LogP contribution in [0.1, 0.15) is 23.6 Å². The standard InChI is InChI=1S/C24H22N2O2/c1-24(20-11-4-2-5-12-20,21-13-6-3-7-14-21)18-26-23(27)17-28-22-15-9-8-10-19(22)16-25/h2-15H,17-18H2,1H3,(H,26,27). The molecule has 3 rings (SSSR count). The van der Waals surface area contributed by atoms with Crippen molar-refractivity contribution in [2.45, 2.75) is 12.3 Å². The van der Waals surface area contributed by atoms with Gasteiger partial charge in [0.05, 0.1) is 5.56 Å². The minimum Gasteiger partial charge on any atom is -0.482 e. The Morgan fingerprint density at radius 1 is 0.929 bits per heavy atom. The van der Waals surface area contributed by atoms with Crippen molar-refractivity contribution in [1.82, 2.24) is 5.32 Å². The molecule has 3 aromatic carbocycles. The van der Waals surface area contributed by atoms with Crippen molar-refractivity contribution >= 4 is 5.91 Å². The molecule has 4 nitrogen and oxygen atoms in total. The van der Waals surface area contributed by atoms with E-state index in [0.717, 1.165) is 11.1 Å². The van der Waals surface area contributed by atoms with Gasteiger partial charge in [-0.3, -0.25) is 4.79 Å². The second-order valence-electron chi connectivity index (χ2n) is 6.74. The van der Waals surface area contributed by atoms with Crippen molar-refractivity contribution in [3.63, 3.8) is 0 Å². The fourth-order valence-corrected chi connectivity index (χ4v) is 3.14. The Morgan fingerprint density at radius 2 is 1.46 bits per heavy atom. The van der Waals surface area contributed by atoms with E-state index in [1.54, 1.807) is 24.3 Å². The molecule has 0 aromatic heterocycles. The number of hydrogen-bond donors (Lipinski definition) is 1. The molecular formula is C24H22N2O2. The summed E-state index contributed by atoms with van der Waals surface area (Å²) in [6.07, 6.45) is 0. The lowest BCUT2D eigenvalue weighted by atomic mass is 9.76. The molecule has 28 heavy (non-hydrogen) atoms. The van der Waals surface area contributed by atoms with E-state index in [4.69, 9.17) is 10.00 Å². The van der Waals surface area contributed by atoms with Crippen molar-refractivity contribution in [3.8, 4) is 11.8 Å². The first-order valence-corrected chi connectivity index (χ1v) is 9.13. The van der Waals surface area contributed by atoms with Crippen molar-refractivity contribution in [1.29, 1.82) is 5.26 Å². The van der Waals surface area contributed by atoms with Crippen LogP contribution in [-0.2, 0) is 10.2 Å². The summed E-state index contributed by atoms with van der Waals surface area (Å²) in [5.41, 5.74) is 2.28. The number of benzene rings is 3. The van der Waals surface area contributed by atoms with Crippen LogP contribution in [0.2, 0.25) is 0 Å². The van der Waals surface area contributed by atoms with Gasteiger partial charge >= 0.3 is 0 Å². The van der Waals surface area contributed by atoms with Gasteiger partial charge in [0.15, 0.2) is 6.61 Å². The summed E-state index contributed by atoms with van der Waals surface area (Å²) in [6.45, 7) is 2.41. The Kier molecular flexibility index (Phi) is 6.08. The molecule has 0 aliphatic rings. The average Bonchev–Trinajstić information content (AvgIpc) is 2.77. The van der Waals surface area contributed by atoms with Crippen LogP contribution in [0.3, 0.4) is 0 Å². The fraction of sp³-hybridized carbons (Fsp3) is 0.167. The molecule has 4 heteroatoms. The third-order valence-electron chi connectivity index (χ3n) is 4.83. The molecule has 0 fully saturated rings. The van der Waals surface area contributed by atoms with Crippen LogP contribution in [0.5, 0.6) is 5.75 Å². The SMILES string of the molecule is CC(CNC(=O)COc1ccccc1C#N)(c1ccccc1)c1ccccc1. The largest absolute Gasteiger partial charge is 0.482 e. The van der Waals surface area contributed by atoms with Crippen molar-refractivity contribution < 1.29 is 9.53 Å². The highest BCUT2D eigenvalue weighted by molar-refractivity contribution is 5.77. The summed E-state index contributed by atoms with van der Waals surface area (Å²) >= 11 is 0. The molecule has 0 heterocycles. The summed E-state index contributed by atoms with van der Waals surface area (Å²) in [7, 11) is 0. The molecule has 0 aliphatic carbocycles. The van der Waals surface area contributed by atoms with Gasteiger partial charge in [-0.15, -0.1) is 0 Å². The van der Waals surface area contributed by atoms with Crippen LogP contribution in [0.25, 0.3) is 0 Å². The van der Waals surface area contributed by atoms with E-state index in [2.05, 4.69) is 42.6 Å². The van der Waals surface area contributed by atoms with Crippen molar-refractivity contribution in [3.05, 3.63) is 102 Å². The van der Waals surface area contributed by atoms with E-state index in [1.165, 1.54) is 0 Å². The number of carbonyl (C=O) groups excluding carboxylic acids is 1. The number of amides is 1. The number of nitriles is 1. The van der Waals surface area contributed by atoms with Crippen LogP contribution < -0.4 is 10.1 Å². The van der Waals surface area contributed by atoms with Crippen LogP contribution in [-0.4, -0.2) is 19.1 Å². The summed E-state index contributed by atoms with van der Waals surface area (Å²) < 4.78 is 5.53. The maximum absolute atomic E-state index is 12.4. The molecule has 0 unspecified atom stereocenters. The molecule has 140 valence electrons. The zero-order valence-corrected chi connectivity index (χ0v) is 15.8. The third kappa shape index (κ3) is 4.39. The quantitative estimate of drug-likeness (QED) is 0.682. The Labute approximate surface area is 165 Å². The Bertz CT molecular complexity index is 923. The molecule has 0 spiro atoms. The maximum atomic E-state index is 12.4. The summed E-state index contributed by atoms with van der Waals surface area (Å²) in [5, 5.41) is 12.1. The molecule has 0 aliphatic heterocycles. The van der Waals surface area contributed by atoms with Crippen LogP contribution in [0, 0.1) is 11.3 Å². The zero-order valence-electron chi connectivity index (χ0n) is 15.8. The highest BCUT2D eigenvalue weighted by atomic mass is 16.5. The predicted octanol–water partition coefficient (Wildman–Crippen LogP) is 4.06. The Hall–Kier alpha value is -3.58. The highest BCUT2D eigenvalue weighted by Gasteiger charge is 2.29. The second-order valence-corrected chi connectivity index (χ2v) is 6.74. The lowest BCUT2D eigenvalue weighted by Gasteiger charge is -2.31. The Balaban J connectivity index is 1.70. The molecule has 1 amide bonds. The summed E-state index contributed by atoms with van der Waals surface area (Å²) in [5.74, 6) is 0.180. The fourth-order valence-electron chi connectivity index (χ4n) is 3.14. The summed E-state index contributed by atoms with van der Waals surface area (Å²) in [4.78, 5) is 12.4. The number of para-hydroxylation sites is 1. The lowest BCUT2D eigenvalue weighted by Crippen LogP contribution is -2.41. The van der Waals surface area contributed by atoms with Gasteiger partial charge in [0.25, 0.3) is 5.91 Å². The maximum Gasteiger partial charge on any atom is 0.257 e. The number of nitrogens with zero attached hydrogens (tertiary/aromatic N) is 1. The normalized spacial score (nSPS) is 10.7. The zero-order chi connectivity index (χ0) is 19.8. The number of rotatable bonds is 7. The average molecular weight is 370 g/mol. The van der Waals surface area contributed by atoms with Gasteiger partial charge in [-0.05, 0) is 30.2 Å². The van der Waals surface area contributed by atoms with Crippen LogP contribution in [0.4, 0.5) is 0 Å². The van der Waals surface area contributed by atoms with Gasteiger partial charge < -0.3 is 10.1 Å². The smallest absolute Gasteiger partial charge is 0.257 e. The molecule has 0 bridgehead atoms. The number of nitrogens with one attached hydrogen (secondary N) is 1. The van der Waals surface area contributed by atoms with E-state index in [0.29, 0.717) is 17.9 Å². The monoisotopic (exact) mass is 370 g/mol. The van der Waals surface area contributed by atoms with Gasteiger partial charge in [-0.1, -0.05) is 72.8 Å². The van der Waals surface area contributed by atoms with Gasteiger partial charge in [0, 0.05) is 12.0 Å². The Morgan fingerprint density at radius 3 is 2.04 bits per heavy atom. The van der Waals surface area contributed by atoms with Gasteiger partial charge in [0.1, 0.15) is 11.8 Å². The molecule has 0 atom stereocenters. The first-order chi connectivity index (χ1) is 13.6. The third-order valence-corrected chi connectivity index (χ3v) is 4.83. The highest BCUT2D eigenvalue weighted by Crippen LogP contribution is 2.31. The minimum atomic E-state index is -0.372. The summed E-state index contributed by atoms with van der Waals surface area (Å²) in [6, 6.07) is 29.2. The van der Waals surface area contributed by atoms with E-state index < -0.39 is 0 Å². The predicted molar refractivity (Wildman–Crippen MR) is 109 cm³/mol. The molecule has 0 radical (unpaired) electrons. The second kappa shape index (κ2) is 8.88.